The molecule has 0 spiro atoms. The van der Waals surface area contributed by atoms with Crippen LogP contribution >= 0.6 is 0 Å². The number of nitrogens with one attached hydrogen (secondary N) is 2. The van der Waals surface area contributed by atoms with E-state index in [0.717, 1.165) is 0 Å². The zero-order valence-corrected chi connectivity index (χ0v) is 7.96. The number of benzene rings is 1. The van der Waals surface area contributed by atoms with Crippen molar-refractivity contribution in [2.45, 2.75) is 13.0 Å². The summed E-state index contributed by atoms with van der Waals surface area (Å²) in [6.07, 6.45) is 1.97. The molecule has 2 aromatic rings. The van der Waals surface area contributed by atoms with E-state index < -0.39 is 0 Å². The lowest BCUT2D eigenvalue weighted by atomic mass is 10.1. The van der Waals surface area contributed by atoms with Gasteiger partial charge in [0.1, 0.15) is 0 Å². The summed E-state index contributed by atoms with van der Waals surface area (Å²) >= 11 is 0. The van der Waals surface area contributed by atoms with Crippen LogP contribution in [0.5, 0.6) is 0 Å². The molecule has 0 bridgehead atoms. The molecule has 2 N–H and O–H groups in total. The topological polar surface area (TPSA) is 27.8 Å². The molecule has 1 aromatic heterocycles. The van der Waals surface area contributed by atoms with E-state index in [1.807, 2.05) is 13.2 Å². The summed E-state index contributed by atoms with van der Waals surface area (Å²) in [6.45, 7) is 2.16. The molecule has 68 valence electrons. The quantitative estimate of drug-likeness (QED) is 0.719. The number of aromatic amines is 1. The van der Waals surface area contributed by atoms with Crippen LogP contribution in [0.2, 0.25) is 0 Å². The van der Waals surface area contributed by atoms with Gasteiger partial charge in [0.2, 0.25) is 0 Å². The second kappa shape index (κ2) is 3.23. The predicted molar refractivity (Wildman–Crippen MR) is 55.8 cm³/mol. The molecule has 0 saturated carbocycles. The Hall–Kier alpha value is -1.28. The maximum Gasteiger partial charge on any atom is 0.0457 e. The van der Waals surface area contributed by atoms with Gasteiger partial charge in [-0.2, -0.15) is 0 Å². The summed E-state index contributed by atoms with van der Waals surface area (Å²) in [4.78, 5) is 3.21. The van der Waals surface area contributed by atoms with Crippen LogP contribution in [-0.4, -0.2) is 12.0 Å². The molecule has 0 unspecified atom stereocenters. The number of H-pyrrole nitrogens is 1. The molecule has 2 nitrogen and oxygen atoms in total. The van der Waals surface area contributed by atoms with Gasteiger partial charge in [0.25, 0.3) is 0 Å². The maximum absolute atomic E-state index is 3.22. The molecule has 0 aliphatic heterocycles. The molecule has 13 heavy (non-hydrogen) atoms. The Balaban J connectivity index is 2.48. The first-order valence-corrected chi connectivity index (χ1v) is 4.55. The first kappa shape index (κ1) is 8.32. The highest BCUT2D eigenvalue weighted by Gasteiger charge is 2.02. The van der Waals surface area contributed by atoms with Crippen LogP contribution in [0.4, 0.5) is 0 Å². The Morgan fingerprint density at radius 3 is 2.92 bits per heavy atom. The average Bonchev–Trinajstić information content (AvgIpc) is 2.63. The average molecular weight is 174 g/mol. The highest BCUT2D eigenvalue weighted by atomic mass is 14.9. The number of fused-ring (bicyclic) bond motifs is 1. The molecule has 0 fully saturated rings. The van der Waals surface area contributed by atoms with Crippen LogP contribution in [0.15, 0.2) is 30.5 Å². The third kappa shape index (κ3) is 1.45. The van der Waals surface area contributed by atoms with Gasteiger partial charge in [0.05, 0.1) is 0 Å². The molecular formula is C11H14N2. The Bertz CT molecular complexity index is 403. The summed E-state index contributed by atoms with van der Waals surface area (Å²) in [7, 11) is 1.98. The lowest BCUT2D eigenvalue weighted by Crippen LogP contribution is -2.11. The minimum absolute atomic E-state index is 0.410. The van der Waals surface area contributed by atoms with Crippen LogP contribution in [0, 0.1) is 0 Å². The van der Waals surface area contributed by atoms with E-state index in [1.165, 1.54) is 16.5 Å². The molecule has 1 heterocycles. The number of rotatable bonds is 2. The number of hydrogen-bond acceptors (Lipinski definition) is 1. The van der Waals surface area contributed by atoms with Gasteiger partial charge < -0.3 is 10.3 Å². The third-order valence-corrected chi connectivity index (χ3v) is 2.51. The van der Waals surface area contributed by atoms with Crippen LogP contribution in [0.3, 0.4) is 0 Å². The zero-order valence-electron chi connectivity index (χ0n) is 7.96. The highest BCUT2D eigenvalue weighted by Crippen LogP contribution is 2.18. The Morgan fingerprint density at radius 1 is 1.31 bits per heavy atom. The van der Waals surface area contributed by atoms with Gasteiger partial charge in [0.15, 0.2) is 0 Å². The van der Waals surface area contributed by atoms with Gasteiger partial charge in [0, 0.05) is 17.8 Å². The standard InChI is InChI=1S/C11H14N2/c1-8(12-2)10-4-3-9-5-6-13-11(9)7-10/h3-8,12-13H,1-2H3/t8-/m1/s1. The summed E-state index contributed by atoms with van der Waals surface area (Å²) in [5.41, 5.74) is 2.53. The lowest BCUT2D eigenvalue weighted by molar-refractivity contribution is 0.653. The Kier molecular flexibility index (Phi) is 2.07. The summed E-state index contributed by atoms with van der Waals surface area (Å²) in [5, 5.41) is 4.49. The van der Waals surface area contributed by atoms with Gasteiger partial charge in [-0.15, -0.1) is 0 Å². The molecule has 0 aliphatic rings. The van der Waals surface area contributed by atoms with Crippen LogP contribution in [0.1, 0.15) is 18.5 Å². The first-order chi connectivity index (χ1) is 6.31. The highest BCUT2D eigenvalue weighted by molar-refractivity contribution is 5.79. The van der Waals surface area contributed by atoms with Crippen molar-refractivity contribution >= 4 is 10.9 Å². The van der Waals surface area contributed by atoms with Crippen molar-refractivity contribution < 1.29 is 0 Å². The monoisotopic (exact) mass is 174 g/mol. The smallest absolute Gasteiger partial charge is 0.0457 e. The molecule has 0 amide bonds. The van der Waals surface area contributed by atoms with Crippen molar-refractivity contribution in [3.05, 3.63) is 36.0 Å². The maximum atomic E-state index is 3.22. The molecule has 1 aromatic carbocycles. The van der Waals surface area contributed by atoms with E-state index in [2.05, 4.69) is 41.5 Å². The van der Waals surface area contributed by atoms with Crippen molar-refractivity contribution in [1.29, 1.82) is 0 Å². The molecule has 0 saturated heterocycles. The van der Waals surface area contributed by atoms with Crippen LogP contribution < -0.4 is 5.32 Å². The van der Waals surface area contributed by atoms with Crippen LogP contribution in [0.25, 0.3) is 10.9 Å². The van der Waals surface area contributed by atoms with Crippen molar-refractivity contribution in [3.63, 3.8) is 0 Å². The first-order valence-electron chi connectivity index (χ1n) is 4.55. The predicted octanol–water partition coefficient (Wildman–Crippen LogP) is 2.45. The number of hydrogen-bond donors (Lipinski definition) is 2. The second-order valence-electron chi connectivity index (χ2n) is 3.33. The molecular weight excluding hydrogens is 160 g/mol. The second-order valence-corrected chi connectivity index (χ2v) is 3.33. The van der Waals surface area contributed by atoms with Crippen molar-refractivity contribution in [3.8, 4) is 0 Å². The van der Waals surface area contributed by atoms with E-state index in [-0.39, 0.29) is 0 Å². The SMILES string of the molecule is CN[C@H](C)c1ccc2cc[nH]c2c1. The van der Waals surface area contributed by atoms with Crippen molar-refractivity contribution in [2.75, 3.05) is 7.05 Å². The Labute approximate surface area is 78.0 Å². The van der Waals surface area contributed by atoms with Crippen molar-refractivity contribution in [1.82, 2.24) is 10.3 Å². The fourth-order valence-corrected chi connectivity index (χ4v) is 1.50. The van der Waals surface area contributed by atoms with Crippen molar-refractivity contribution in [2.24, 2.45) is 0 Å². The largest absolute Gasteiger partial charge is 0.361 e. The van der Waals surface area contributed by atoms with Crippen LogP contribution in [-0.2, 0) is 0 Å². The minimum Gasteiger partial charge on any atom is -0.361 e. The van der Waals surface area contributed by atoms with Gasteiger partial charge in [-0.3, -0.25) is 0 Å². The molecule has 1 atom stereocenters. The van der Waals surface area contributed by atoms with Gasteiger partial charge in [-0.25, -0.2) is 0 Å². The fraction of sp³-hybridized carbons (Fsp3) is 0.273. The molecule has 2 rings (SSSR count). The molecule has 0 radical (unpaired) electrons. The van der Waals surface area contributed by atoms with Gasteiger partial charge in [-0.05, 0) is 37.1 Å². The van der Waals surface area contributed by atoms with E-state index in [1.54, 1.807) is 0 Å². The molecule has 0 aliphatic carbocycles. The third-order valence-electron chi connectivity index (χ3n) is 2.51. The lowest BCUT2D eigenvalue weighted by Gasteiger charge is -2.09. The summed E-state index contributed by atoms with van der Waals surface area (Å²) < 4.78 is 0. The summed E-state index contributed by atoms with van der Waals surface area (Å²) in [5.74, 6) is 0. The van der Waals surface area contributed by atoms with Gasteiger partial charge >= 0.3 is 0 Å². The van der Waals surface area contributed by atoms with E-state index >= 15 is 0 Å². The Morgan fingerprint density at radius 2 is 2.15 bits per heavy atom. The van der Waals surface area contributed by atoms with E-state index in [4.69, 9.17) is 0 Å². The fourth-order valence-electron chi connectivity index (χ4n) is 1.50. The summed E-state index contributed by atoms with van der Waals surface area (Å²) in [6, 6.07) is 9.00. The number of aromatic nitrogens is 1. The zero-order chi connectivity index (χ0) is 9.26. The van der Waals surface area contributed by atoms with E-state index in [0.29, 0.717) is 6.04 Å². The normalized spacial score (nSPS) is 13.4. The van der Waals surface area contributed by atoms with E-state index in [9.17, 15) is 0 Å². The van der Waals surface area contributed by atoms with Gasteiger partial charge in [-0.1, -0.05) is 12.1 Å². The minimum atomic E-state index is 0.410. The molecule has 2 heteroatoms.